The molecule has 0 aromatic carbocycles. The van der Waals surface area contributed by atoms with Crippen LogP contribution >= 0.6 is 11.6 Å². The Balaban J connectivity index is 3.08. The molecule has 4 nitrogen and oxygen atoms in total. The Hall–Kier alpha value is -1.12. The molecule has 1 aromatic heterocycles. The molecular weight excluding hydrogens is 178 g/mol. The van der Waals surface area contributed by atoms with E-state index in [1.54, 1.807) is 24.9 Å². The largest absolute Gasteiger partial charge is 0.335 e. The van der Waals surface area contributed by atoms with Crippen LogP contribution in [-0.4, -0.2) is 15.6 Å². The number of hydrogen-bond acceptors (Lipinski definition) is 3. The molecule has 0 bridgehead atoms. The first-order valence-corrected chi connectivity index (χ1v) is 3.78. The molecule has 1 unspecified atom stereocenters. The molecule has 0 saturated carbocycles. The first kappa shape index (κ1) is 8.97. The summed E-state index contributed by atoms with van der Waals surface area (Å²) in [6.07, 6.45) is 3.06. The third-order valence-electron chi connectivity index (χ3n) is 1.58. The number of nitrogens with zero attached hydrogens (tertiary/aromatic N) is 3. The average Bonchev–Trinajstić information content (AvgIpc) is 2.32. The number of isocyanates is 1. The molecule has 0 fully saturated rings. The van der Waals surface area contributed by atoms with Gasteiger partial charge in [-0.05, 0) is 6.92 Å². The highest BCUT2D eigenvalue weighted by Gasteiger charge is 2.12. The van der Waals surface area contributed by atoms with Gasteiger partial charge < -0.3 is 4.57 Å². The van der Waals surface area contributed by atoms with Crippen molar-refractivity contribution in [2.75, 3.05) is 0 Å². The van der Waals surface area contributed by atoms with Crippen molar-refractivity contribution in [2.24, 2.45) is 12.0 Å². The number of carbonyl (C=O) groups excluding carboxylic acids is 1. The molecule has 0 amide bonds. The number of aliphatic imine (C=N–C) groups is 1. The molecule has 0 aliphatic heterocycles. The molecule has 1 heterocycles. The van der Waals surface area contributed by atoms with Gasteiger partial charge in [-0.3, -0.25) is 0 Å². The van der Waals surface area contributed by atoms with Gasteiger partial charge in [0, 0.05) is 7.05 Å². The molecule has 0 saturated heterocycles. The summed E-state index contributed by atoms with van der Waals surface area (Å²) in [6, 6.07) is -0.289. The number of aryl methyl sites for hydroxylation is 1. The molecular formula is C7H8ClN3O. The van der Waals surface area contributed by atoms with Crippen molar-refractivity contribution < 1.29 is 4.79 Å². The standard InChI is InChI=1S/C7H8ClN3O/c1-5(10-4-12)6-7(8)9-3-11(6)2/h3,5H,1-2H3. The van der Waals surface area contributed by atoms with Crippen molar-refractivity contribution >= 4 is 17.7 Å². The minimum Gasteiger partial charge on any atom is -0.335 e. The Morgan fingerprint density at radius 1 is 1.83 bits per heavy atom. The van der Waals surface area contributed by atoms with Gasteiger partial charge in [-0.25, -0.2) is 9.78 Å². The van der Waals surface area contributed by atoms with E-state index in [2.05, 4.69) is 9.98 Å². The molecule has 0 spiro atoms. The lowest BCUT2D eigenvalue weighted by Gasteiger charge is -2.04. The fraction of sp³-hybridized carbons (Fsp3) is 0.429. The third kappa shape index (κ3) is 1.55. The van der Waals surface area contributed by atoms with Crippen LogP contribution in [0.2, 0.25) is 5.15 Å². The Bertz CT molecular complexity index is 308. The predicted octanol–water partition coefficient (Wildman–Crippen LogP) is 1.47. The smallest absolute Gasteiger partial charge is 0.235 e. The lowest BCUT2D eigenvalue weighted by atomic mass is 10.3. The molecule has 64 valence electrons. The topological polar surface area (TPSA) is 47.2 Å². The van der Waals surface area contributed by atoms with Gasteiger partial charge in [-0.15, -0.1) is 0 Å². The van der Waals surface area contributed by atoms with Crippen LogP contribution in [0.3, 0.4) is 0 Å². The fourth-order valence-corrected chi connectivity index (χ4v) is 1.35. The fourth-order valence-electron chi connectivity index (χ4n) is 1.02. The molecule has 5 heteroatoms. The van der Waals surface area contributed by atoms with E-state index in [1.807, 2.05) is 0 Å². The van der Waals surface area contributed by atoms with Gasteiger partial charge in [0.25, 0.3) is 0 Å². The molecule has 1 rings (SSSR count). The summed E-state index contributed by atoms with van der Waals surface area (Å²) < 4.78 is 1.73. The van der Waals surface area contributed by atoms with E-state index < -0.39 is 0 Å². The minimum atomic E-state index is -0.289. The molecule has 12 heavy (non-hydrogen) atoms. The highest BCUT2D eigenvalue weighted by molar-refractivity contribution is 6.30. The average molecular weight is 186 g/mol. The Kier molecular flexibility index (Phi) is 2.63. The summed E-state index contributed by atoms with van der Waals surface area (Å²) >= 11 is 5.75. The van der Waals surface area contributed by atoms with E-state index in [4.69, 9.17) is 11.6 Å². The normalized spacial score (nSPS) is 12.2. The zero-order valence-electron chi connectivity index (χ0n) is 6.78. The number of aromatic nitrogens is 2. The number of halogens is 1. The van der Waals surface area contributed by atoms with Crippen LogP contribution in [0.4, 0.5) is 0 Å². The van der Waals surface area contributed by atoms with E-state index in [0.29, 0.717) is 5.15 Å². The van der Waals surface area contributed by atoms with E-state index in [1.165, 1.54) is 6.08 Å². The molecule has 0 radical (unpaired) electrons. The van der Waals surface area contributed by atoms with Gasteiger partial charge in [-0.2, -0.15) is 4.99 Å². The SMILES string of the molecule is CC(N=C=O)c1c(Cl)ncn1C. The number of rotatable bonds is 2. The van der Waals surface area contributed by atoms with Crippen LogP contribution in [0.15, 0.2) is 11.3 Å². The second kappa shape index (κ2) is 3.52. The van der Waals surface area contributed by atoms with Gasteiger partial charge >= 0.3 is 0 Å². The van der Waals surface area contributed by atoms with Crippen molar-refractivity contribution in [3.63, 3.8) is 0 Å². The monoisotopic (exact) mass is 185 g/mol. The van der Waals surface area contributed by atoms with Crippen LogP contribution in [-0.2, 0) is 11.8 Å². The van der Waals surface area contributed by atoms with E-state index >= 15 is 0 Å². The zero-order valence-corrected chi connectivity index (χ0v) is 7.54. The van der Waals surface area contributed by atoms with E-state index in [-0.39, 0.29) is 6.04 Å². The quantitative estimate of drug-likeness (QED) is 0.518. The van der Waals surface area contributed by atoms with Crippen molar-refractivity contribution in [3.05, 3.63) is 17.2 Å². The van der Waals surface area contributed by atoms with Crippen molar-refractivity contribution in [3.8, 4) is 0 Å². The van der Waals surface area contributed by atoms with E-state index in [0.717, 1.165) is 5.69 Å². The van der Waals surface area contributed by atoms with Gasteiger partial charge in [0.15, 0.2) is 5.15 Å². The lowest BCUT2D eigenvalue weighted by Crippen LogP contribution is -1.98. The summed E-state index contributed by atoms with van der Waals surface area (Å²) in [7, 11) is 1.80. The summed E-state index contributed by atoms with van der Waals surface area (Å²) in [5, 5.41) is 0.379. The Labute approximate surface area is 74.9 Å². The van der Waals surface area contributed by atoms with Gasteiger partial charge in [0.2, 0.25) is 6.08 Å². The van der Waals surface area contributed by atoms with Crippen molar-refractivity contribution in [2.45, 2.75) is 13.0 Å². The molecule has 1 aromatic rings. The summed E-state index contributed by atoms with van der Waals surface area (Å²) in [4.78, 5) is 17.4. The Morgan fingerprint density at radius 2 is 2.50 bits per heavy atom. The molecule has 0 N–H and O–H groups in total. The van der Waals surface area contributed by atoms with Crippen molar-refractivity contribution in [1.29, 1.82) is 0 Å². The molecule has 0 aliphatic rings. The van der Waals surface area contributed by atoms with Crippen LogP contribution < -0.4 is 0 Å². The highest BCUT2D eigenvalue weighted by atomic mass is 35.5. The summed E-state index contributed by atoms with van der Waals surface area (Å²) in [5.41, 5.74) is 0.722. The van der Waals surface area contributed by atoms with Crippen LogP contribution in [0, 0.1) is 0 Å². The van der Waals surface area contributed by atoms with Crippen LogP contribution in [0.1, 0.15) is 18.7 Å². The van der Waals surface area contributed by atoms with Crippen LogP contribution in [0.25, 0.3) is 0 Å². The molecule has 1 atom stereocenters. The lowest BCUT2D eigenvalue weighted by molar-refractivity contribution is 0.558. The van der Waals surface area contributed by atoms with Crippen LogP contribution in [0.5, 0.6) is 0 Å². The van der Waals surface area contributed by atoms with Gasteiger partial charge in [-0.1, -0.05) is 11.6 Å². The molecule has 0 aliphatic carbocycles. The Morgan fingerprint density at radius 3 is 2.92 bits per heavy atom. The maximum Gasteiger partial charge on any atom is 0.235 e. The van der Waals surface area contributed by atoms with Gasteiger partial charge in [0.1, 0.15) is 6.04 Å². The maximum absolute atomic E-state index is 9.97. The van der Waals surface area contributed by atoms with Crippen molar-refractivity contribution in [1.82, 2.24) is 9.55 Å². The first-order chi connectivity index (χ1) is 5.66. The predicted molar refractivity (Wildman–Crippen MR) is 44.8 cm³/mol. The number of imidazole rings is 1. The van der Waals surface area contributed by atoms with Gasteiger partial charge in [0.05, 0.1) is 12.0 Å². The highest BCUT2D eigenvalue weighted by Crippen LogP contribution is 2.22. The summed E-state index contributed by atoms with van der Waals surface area (Å²) in [5.74, 6) is 0. The summed E-state index contributed by atoms with van der Waals surface area (Å²) in [6.45, 7) is 1.76. The maximum atomic E-state index is 9.97. The second-order valence-electron chi connectivity index (χ2n) is 2.43. The second-order valence-corrected chi connectivity index (χ2v) is 2.79. The first-order valence-electron chi connectivity index (χ1n) is 3.40. The zero-order chi connectivity index (χ0) is 9.14. The third-order valence-corrected chi connectivity index (χ3v) is 1.87. The van der Waals surface area contributed by atoms with E-state index in [9.17, 15) is 4.79 Å². The minimum absolute atomic E-state index is 0.289. The number of hydrogen-bond donors (Lipinski definition) is 0.